The standard InChI is InChI=1S/C27H34N6O4/c1-17(2)33-13-12-21(16-33)36-20-10-11-22(28-15-20)25(34)29-18-6-8-19(9-7-18)30-26(35)31-24-14-23(37-32-24)27(3,4)5/h6-11,14-15,17,21H,12-13,16H2,1-5H3,(H,29,34)(H2,30,31,32,35)/t21-/m0/s1. The lowest BCUT2D eigenvalue weighted by Crippen LogP contribution is -2.30. The Bertz CT molecular complexity index is 1210. The number of hydrogen-bond donors (Lipinski definition) is 3. The number of urea groups is 1. The number of rotatable bonds is 7. The average molecular weight is 507 g/mol. The summed E-state index contributed by atoms with van der Waals surface area (Å²) in [7, 11) is 0. The zero-order chi connectivity index (χ0) is 26.6. The molecule has 196 valence electrons. The van der Waals surface area contributed by atoms with Crippen LogP contribution in [0, 0.1) is 0 Å². The molecule has 2 aromatic heterocycles. The Kier molecular flexibility index (Phi) is 7.77. The minimum atomic E-state index is -0.452. The van der Waals surface area contributed by atoms with Gasteiger partial charge >= 0.3 is 6.03 Å². The molecule has 0 unspecified atom stereocenters. The maximum Gasteiger partial charge on any atom is 0.324 e. The van der Waals surface area contributed by atoms with Crippen molar-refractivity contribution in [2.24, 2.45) is 0 Å². The molecule has 1 aliphatic rings. The van der Waals surface area contributed by atoms with Gasteiger partial charge in [0.2, 0.25) is 0 Å². The molecular weight excluding hydrogens is 472 g/mol. The van der Waals surface area contributed by atoms with Crippen LogP contribution in [0.2, 0.25) is 0 Å². The molecule has 37 heavy (non-hydrogen) atoms. The largest absolute Gasteiger partial charge is 0.487 e. The zero-order valence-corrected chi connectivity index (χ0v) is 21.9. The normalized spacial score (nSPS) is 16.0. The number of carbonyl (C=O) groups excluding carboxylic acids is 2. The smallest absolute Gasteiger partial charge is 0.324 e. The van der Waals surface area contributed by atoms with Crippen LogP contribution < -0.4 is 20.7 Å². The first kappa shape index (κ1) is 26.2. The molecule has 4 rings (SSSR count). The van der Waals surface area contributed by atoms with Crippen molar-refractivity contribution in [2.45, 2.75) is 58.6 Å². The van der Waals surface area contributed by atoms with E-state index in [9.17, 15) is 9.59 Å². The lowest BCUT2D eigenvalue weighted by atomic mass is 9.93. The molecule has 1 aliphatic heterocycles. The fourth-order valence-electron chi connectivity index (χ4n) is 3.89. The van der Waals surface area contributed by atoms with Crippen LogP contribution in [0.1, 0.15) is 57.3 Å². The molecule has 1 saturated heterocycles. The Morgan fingerprint density at radius 1 is 1.05 bits per heavy atom. The van der Waals surface area contributed by atoms with Crippen LogP contribution in [0.5, 0.6) is 5.75 Å². The molecule has 3 N–H and O–H groups in total. The van der Waals surface area contributed by atoms with Crippen LogP contribution in [0.15, 0.2) is 53.2 Å². The number of anilines is 3. The van der Waals surface area contributed by atoms with E-state index in [-0.39, 0.29) is 23.1 Å². The highest BCUT2D eigenvalue weighted by Gasteiger charge is 2.25. The Morgan fingerprint density at radius 3 is 2.32 bits per heavy atom. The lowest BCUT2D eigenvalue weighted by Gasteiger charge is -2.20. The molecular formula is C27H34N6O4. The number of aromatic nitrogens is 2. The Labute approximate surface area is 216 Å². The van der Waals surface area contributed by atoms with E-state index in [0.29, 0.717) is 34.7 Å². The Hall–Kier alpha value is -3.92. The first-order valence-corrected chi connectivity index (χ1v) is 12.4. The van der Waals surface area contributed by atoms with Gasteiger partial charge in [0.15, 0.2) is 5.82 Å². The SMILES string of the molecule is CC(C)N1CC[C@H](Oc2ccc(C(=O)Nc3ccc(NC(=O)Nc4cc(C(C)(C)C)on4)cc3)nc2)C1. The molecule has 3 aromatic rings. The number of carbonyl (C=O) groups is 2. The third-order valence-electron chi connectivity index (χ3n) is 6.07. The van der Waals surface area contributed by atoms with Gasteiger partial charge in [-0.2, -0.15) is 0 Å². The summed E-state index contributed by atoms with van der Waals surface area (Å²) in [6, 6.07) is 11.9. The van der Waals surface area contributed by atoms with Crippen LogP contribution in [0.25, 0.3) is 0 Å². The monoisotopic (exact) mass is 506 g/mol. The number of nitrogens with zero attached hydrogens (tertiary/aromatic N) is 3. The number of nitrogens with one attached hydrogen (secondary N) is 3. The highest BCUT2D eigenvalue weighted by Crippen LogP contribution is 2.24. The molecule has 1 aromatic carbocycles. The summed E-state index contributed by atoms with van der Waals surface area (Å²) in [5, 5.41) is 12.0. The maximum absolute atomic E-state index is 12.6. The number of hydrogen-bond acceptors (Lipinski definition) is 7. The Morgan fingerprint density at radius 2 is 1.76 bits per heavy atom. The number of benzene rings is 1. The predicted molar refractivity (Wildman–Crippen MR) is 142 cm³/mol. The highest BCUT2D eigenvalue weighted by molar-refractivity contribution is 6.03. The fourth-order valence-corrected chi connectivity index (χ4v) is 3.89. The summed E-state index contributed by atoms with van der Waals surface area (Å²) in [6.45, 7) is 12.3. The third-order valence-corrected chi connectivity index (χ3v) is 6.07. The molecule has 0 radical (unpaired) electrons. The summed E-state index contributed by atoms with van der Waals surface area (Å²) in [5.74, 6) is 1.32. The Balaban J connectivity index is 1.26. The molecule has 0 aliphatic carbocycles. The van der Waals surface area contributed by atoms with E-state index < -0.39 is 6.03 Å². The summed E-state index contributed by atoms with van der Waals surface area (Å²) in [5.41, 5.74) is 1.20. The van der Waals surface area contributed by atoms with Gasteiger partial charge < -0.3 is 19.9 Å². The number of likely N-dealkylation sites (tertiary alicyclic amines) is 1. The van der Waals surface area contributed by atoms with Gasteiger partial charge in [-0.3, -0.25) is 15.0 Å². The minimum Gasteiger partial charge on any atom is -0.487 e. The number of pyridine rings is 1. The summed E-state index contributed by atoms with van der Waals surface area (Å²) in [4.78, 5) is 31.5. The van der Waals surface area contributed by atoms with Gasteiger partial charge in [0.1, 0.15) is 23.3 Å². The van der Waals surface area contributed by atoms with E-state index >= 15 is 0 Å². The second kappa shape index (κ2) is 11.0. The minimum absolute atomic E-state index is 0.134. The van der Waals surface area contributed by atoms with E-state index in [1.54, 1.807) is 48.7 Å². The van der Waals surface area contributed by atoms with Crippen molar-refractivity contribution >= 4 is 29.1 Å². The van der Waals surface area contributed by atoms with E-state index in [1.165, 1.54) is 0 Å². The van der Waals surface area contributed by atoms with Gasteiger partial charge in [-0.25, -0.2) is 9.78 Å². The molecule has 0 saturated carbocycles. The highest BCUT2D eigenvalue weighted by atomic mass is 16.5. The van der Waals surface area contributed by atoms with Crippen LogP contribution in [-0.2, 0) is 5.41 Å². The predicted octanol–water partition coefficient (Wildman–Crippen LogP) is 5.12. The van der Waals surface area contributed by atoms with Crippen molar-refractivity contribution in [3.8, 4) is 5.75 Å². The molecule has 1 fully saturated rings. The van der Waals surface area contributed by atoms with E-state index in [2.05, 4.69) is 44.8 Å². The van der Waals surface area contributed by atoms with Gasteiger partial charge in [0.05, 0.1) is 6.20 Å². The topological polar surface area (TPSA) is 122 Å². The molecule has 3 heterocycles. The van der Waals surface area contributed by atoms with Crippen molar-refractivity contribution in [2.75, 3.05) is 29.0 Å². The van der Waals surface area contributed by atoms with Crippen molar-refractivity contribution in [3.05, 3.63) is 60.1 Å². The van der Waals surface area contributed by atoms with Crippen molar-refractivity contribution in [1.82, 2.24) is 15.0 Å². The molecule has 1 atom stereocenters. The molecule has 3 amide bonds. The van der Waals surface area contributed by atoms with Gasteiger partial charge in [-0.15, -0.1) is 0 Å². The van der Waals surface area contributed by atoms with Gasteiger partial charge in [0, 0.05) is 42.0 Å². The quantitative estimate of drug-likeness (QED) is 0.406. The average Bonchev–Trinajstić information content (AvgIpc) is 3.51. The van der Waals surface area contributed by atoms with Crippen LogP contribution in [0.3, 0.4) is 0 Å². The fraction of sp³-hybridized carbons (Fsp3) is 0.407. The van der Waals surface area contributed by atoms with E-state index in [4.69, 9.17) is 9.26 Å². The van der Waals surface area contributed by atoms with Gasteiger partial charge in [-0.05, 0) is 56.7 Å². The lowest BCUT2D eigenvalue weighted by molar-refractivity contribution is 0.102. The third kappa shape index (κ3) is 7.07. The molecule has 0 bridgehead atoms. The van der Waals surface area contributed by atoms with E-state index in [1.807, 2.05) is 20.8 Å². The molecule has 10 heteroatoms. The summed E-state index contributed by atoms with van der Waals surface area (Å²) < 4.78 is 11.3. The molecule has 10 nitrogen and oxygen atoms in total. The van der Waals surface area contributed by atoms with Crippen LogP contribution >= 0.6 is 0 Å². The first-order chi connectivity index (χ1) is 17.6. The van der Waals surface area contributed by atoms with Crippen molar-refractivity contribution in [3.63, 3.8) is 0 Å². The van der Waals surface area contributed by atoms with E-state index in [0.717, 1.165) is 19.5 Å². The summed E-state index contributed by atoms with van der Waals surface area (Å²) >= 11 is 0. The van der Waals surface area contributed by atoms with Gasteiger partial charge in [0.25, 0.3) is 5.91 Å². The van der Waals surface area contributed by atoms with Crippen LogP contribution in [0.4, 0.5) is 22.0 Å². The van der Waals surface area contributed by atoms with Crippen molar-refractivity contribution < 1.29 is 18.8 Å². The second-order valence-electron chi connectivity index (χ2n) is 10.4. The summed E-state index contributed by atoms with van der Waals surface area (Å²) in [6.07, 6.45) is 2.69. The van der Waals surface area contributed by atoms with Crippen LogP contribution in [-0.4, -0.2) is 52.2 Å². The molecule has 0 spiro atoms. The van der Waals surface area contributed by atoms with Gasteiger partial charge in [-0.1, -0.05) is 25.9 Å². The first-order valence-electron chi connectivity index (χ1n) is 12.4. The number of ether oxygens (including phenoxy) is 1. The maximum atomic E-state index is 12.6. The van der Waals surface area contributed by atoms with Crippen molar-refractivity contribution in [1.29, 1.82) is 0 Å². The zero-order valence-electron chi connectivity index (χ0n) is 21.9. The number of amides is 3. The second-order valence-corrected chi connectivity index (χ2v) is 10.4.